The van der Waals surface area contributed by atoms with E-state index in [-0.39, 0.29) is 33.5 Å². The number of carboxylic acid groups (broad SMARTS) is 1. The average Bonchev–Trinajstić information content (AvgIpc) is 2.93. The molecule has 1 atom stereocenters. The molecule has 0 saturated carbocycles. The molecule has 0 radical (unpaired) electrons. The van der Waals surface area contributed by atoms with Gasteiger partial charge in [0.05, 0.1) is 27.7 Å². The number of hydrogen-bond donors (Lipinski definition) is 3. The van der Waals surface area contributed by atoms with Crippen molar-refractivity contribution in [3.63, 3.8) is 0 Å². The molecule has 0 saturated heterocycles. The summed E-state index contributed by atoms with van der Waals surface area (Å²) < 4.78 is 33.6. The second-order valence-corrected chi connectivity index (χ2v) is 14.0. The van der Waals surface area contributed by atoms with Crippen molar-refractivity contribution >= 4 is 50.7 Å². The number of carboxylic acids is 1. The van der Waals surface area contributed by atoms with Crippen LogP contribution in [0.25, 0.3) is 0 Å². The number of rotatable bonds is 19. The quantitative estimate of drug-likeness (QED) is 0.106. The number of ether oxygens (including phenoxy) is 1. The fraction of sp³-hybridized carbons (Fsp3) is 0.531. The van der Waals surface area contributed by atoms with Crippen LogP contribution in [0, 0.1) is 5.41 Å². The lowest BCUT2D eigenvalue weighted by molar-refractivity contribution is -0.140. The van der Waals surface area contributed by atoms with Crippen molar-refractivity contribution in [3.8, 4) is 5.75 Å². The second kappa shape index (κ2) is 17.3. The SMILES string of the molecule is CCCCCCCCCCCCS(=O)(=O)Nc1ccc(Cl)c(NC(=O)C(Oc2ccc(C(=O)O)cc2)C(=O)C(C)(C)C)c1. The van der Waals surface area contributed by atoms with Crippen LogP contribution in [-0.2, 0) is 19.6 Å². The van der Waals surface area contributed by atoms with Gasteiger partial charge in [0, 0.05) is 5.41 Å². The number of sulfonamides is 1. The van der Waals surface area contributed by atoms with Crippen molar-refractivity contribution in [2.75, 3.05) is 15.8 Å². The van der Waals surface area contributed by atoms with Gasteiger partial charge in [0.15, 0.2) is 5.78 Å². The summed E-state index contributed by atoms with van der Waals surface area (Å²) in [5, 5.41) is 11.8. The first-order valence-electron chi connectivity index (χ1n) is 14.9. The highest BCUT2D eigenvalue weighted by Gasteiger charge is 2.37. The van der Waals surface area contributed by atoms with E-state index >= 15 is 0 Å². The molecule has 0 fully saturated rings. The molecule has 43 heavy (non-hydrogen) atoms. The summed E-state index contributed by atoms with van der Waals surface area (Å²) in [6.07, 6.45) is 9.37. The molecule has 2 aromatic rings. The molecule has 0 aliphatic heterocycles. The number of hydrogen-bond acceptors (Lipinski definition) is 6. The summed E-state index contributed by atoms with van der Waals surface area (Å²) in [6.45, 7) is 7.13. The molecular formula is C32H45ClN2O7S. The molecule has 0 aromatic heterocycles. The van der Waals surface area contributed by atoms with Crippen LogP contribution in [0.4, 0.5) is 11.4 Å². The monoisotopic (exact) mass is 636 g/mol. The number of nitrogens with one attached hydrogen (secondary N) is 2. The normalized spacial score (nSPS) is 12.4. The zero-order valence-electron chi connectivity index (χ0n) is 25.6. The Morgan fingerprint density at radius 2 is 1.44 bits per heavy atom. The predicted molar refractivity (Wildman–Crippen MR) is 172 cm³/mol. The molecule has 9 nitrogen and oxygen atoms in total. The van der Waals surface area contributed by atoms with Gasteiger partial charge in [-0.25, -0.2) is 13.2 Å². The third-order valence-corrected chi connectivity index (χ3v) is 8.54. The van der Waals surface area contributed by atoms with Gasteiger partial charge in [0.1, 0.15) is 5.75 Å². The van der Waals surface area contributed by atoms with Crippen molar-refractivity contribution in [2.24, 2.45) is 5.41 Å². The van der Waals surface area contributed by atoms with Crippen LogP contribution in [0.2, 0.25) is 5.02 Å². The van der Waals surface area contributed by atoms with Crippen LogP contribution in [-0.4, -0.2) is 43.0 Å². The van der Waals surface area contributed by atoms with Crippen LogP contribution >= 0.6 is 11.6 Å². The number of ketones is 1. The average molecular weight is 637 g/mol. The lowest BCUT2D eigenvalue weighted by atomic mass is 9.87. The van der Waals surface area contributed by atoms with Gasteiger partial charge in [0.2, 0.25) is 16.1 Å². The largest absolute Gasteiger partial charge is 0.478 e. The number of carbonyl (C=O) groups excluding carboxylic acids is 2. The molecule has 0 aliphatic rings. The van der Waals surface area contributed by atoms with Gasteiger partial charge in [-0.05, 0) is 48.9 Å². The van der Waals surface area contributed by atoms with Gasteiger partial charge in [-0.15, -0.1) is 0 Å². The molecule has 3 N–H and O–H groups in total. The van der Waals surface area contributed by atoms with E-state index in [4.69, 9.17) is 21.4 Å². The number of carbonyl (C=O) groups is 3. The molecule has 0 bridgehead atoms. The first-order chi connectivity index (χ1) is 20.2. The lowest BCUT2D eigenvalue weighted by Gasteiger charge is -2.25. The van der Waals surface area contributed by atoms with E-state index in [0.29, 0.717) is 6.42 Å². The van der Waals surface area contributed by atoms with Crippen LogP contribution in [0.1, 0.15) is 102 Å². The van der Waals surface area contributed by atoms with E-state index in [1.165, 1.54) is 81.0 Å². The zero-order valence-corrected chi connectivity index (χ0v) is 27.2. The number of benzene rings is 2. The van der Waals surface area contributed by atoms with Crippen molar-refractivity contribution < 1.29 is 32.6 Å². The Balaban J connectivity index is 2.01. The zero-order chi connectivity index (χ0) is 32.0. The number of Topliss-reactive ketones (excluding diaryl/α,β-unsaturated/α-hetero) is 1. The molecule has 0 aliphatic carbocycles. The minimum absolute atomic E-state index is 0.0229. The molecule has 238 valence electrons. The van der Waals surface area contributed by atoms with Gasteiger partial charge in [-0.3, -0.25) is 14.3 Å². The summed E-state index contributed by atoms with van der Waals surface area (Å²) in [5.41, 5.74) is -0.605. The third kappa shape index (κ3) is 13.0. The first kappa shape index (κ1) is 36.1. The molecular weight excluding hydrogens is 592 g/mol. The van der Waals surface area contributed by atoms with Crippen molar-refractivity contribution in [1.29, 1.82) is 0 Å². The van der Waals surface area contributed by atoms with Crippen LogP contribution in [0.3, 0.4) is 0 Å². The number of unbranched alkanes of at least 4 members (excludes halogenated alkanes) is 9. The Labute approximate surface area is 260 Å². The van der Waals surface area contributed by atoms with E-state index in [0.717, 1.165) is 19.3 Å². The maximum Gasteiger partial charge on any atom is 0.335 e. The Hall–Kier alpha value is -3.11. The smallest absolute Gasteiger partial charge is 0.335 e. The number of amides is 1. The highest BCUT2D eigenvalue weighted by atomic mass is 35.5. The molecule has 0 spiro atoms. The van der Waals surface area contributed by atoms with E-state index in [9.17, 15) is 22.8 Å². The van der Waals surface area contributed by atoms with Gasteiger partial charge in [-0.2, -0.15) is 0 Å². The van der Waals surface area contributed by atoms with Crippen LogP contribution < -0.4 is 14.8 Å². The number of anilines is 2. The number of halogens is 1. The summed E-state index contributed by atoms with van der Waals surface area (Å²) in [4.78, 5) is 37.6. The maximum absolute atomic E-state index is 13.3. The maximum atomic E-state index is 13.3. The third-order valence-electron chi connectivity index (χ3n) is 6.83. The fourth-order valence-electron chi connectivity index (χ4n) is 4.32. The van der Waals surface area contributed by atoms with Gasteiger partial charge in [-0.1, -0.05) is 97.1 Å². The molecule has 2 rings (SSSR count). The topological polar surface area (TPSA) is 139 Å². The fourth-order valence-corrected chi connectivity index (χ4v) is 5.66. The minimum Gasteiger partial charge on any atom is -0.478 e. The Kier molecular flexibility index (Phi) is 14.5. The predicted octanol–water partition coefficient (Wildman–Crippen LogP) is 7.70. The molecule has 0 heterocycles. The highest BCUT2D eigenvalue weighted by molar-refractivity contribution is 7.92. The number of aromatic carboxylic acids is 1. The Bertz CT molecular complexity index is 1320. The van der Waals surface area contributed by atoms with E-state index in [1.807, 2.05) is 0 Å². The Morgan fingerprint density at radius 3 is 1.98 bits per heavy atom. The lowest BCUT2D eigenvalue weighted by Crippen LogP contribution is -2.45. The van der Waals surface area contributed by atoms with E-state index < -0.39 is 39.2 Å². The van der Waals surface area contributed by atoms with Crippen molar-refractivity contribution in [3.05, 3.63) is 53.1 Å². The van der Waals surface area contributed by atoms with Gasteiger partial charge in [0.25, 0.3) is 5.91 Å². The Morgan fingerprint density at radius 1 is 0.884 bits per heavy atom. The van der Waals surface area contributed by atoms with E-state index in [1.54, 1.807) is 20.8 Å². The van der Waals surface area contributed by atoms with E-state index in [2.05, 4.69) is 17.0 Å². The standard InChI is InChI=1S/C32H45ClN2O7S/c1-5-6-7-8-9-10-11-12-13-14-21-43(40,41)35-24-17-20-26(33)27(22-24)34-30(37)28(29(36)32(2,3)4)42-25-18-15-23(16-19-25)31(38)39/h15-20,22,28,35H,5-14,21H2,1-4H3,(H,34,37)(H,38,39). The van der Waals surface area contributed by atoms with Crippen LogP contribution in [0.5, 0.6) is 5.75 Å². The van der Waals surface area contributed by atoms with Gasteiger partial charge >= 0.3 is 5.97 Å². The highest BCUT2D eigenvalue weighted by Crippen LogP contribution is 2.28. The van der Waals surface area contributed by atoms with Crippen LogP contribution in [0.15, 0.2) is 42.5 Å². The van der Waals surface area contributed by atoms with Crippen molar-refractivity contribution in [1.82, 2.24) is 0 Å². The van der Waals surface area contributed by atoms with Crippen molar-refractivity contribution in [2.45, 2.75) is 98.0 Å². The molecule has 1 unspecified atom stereocenters. The molecule has 1 amide bonds. The molecule has 11 heteroatoms. The van der Waals surface area contributed by atoms with Gasteiger partial charge < -0.3 is 15.2 Å². The summed E-state index contributed by atoms with van der Waals surface area (Å²) >= 11 is 6.30. The minimum atomic E-state index is -3.63. The first-order valence-corrected chi connectivity index (χ1v) is 16.9. The summed E-state index contributed by atoms with van der Waals surface area (Å²) in [6, 6.07) is 9.64. The summed E-state index contributed by atoms with van der Waals surface area (Å²) in [7, 11) is -3.63. The second-order valence-electron chi connectivity index (χ2n) is 11.7. The summed E-state index contributed by atoms with van der Waals surface area (Å²) in [5.74, 6) is -2.35. The molecule has 2 aromatic carbocycles.